The molecule has 0 spiro atoms. The van der Waals surface area contributed by atoms with E-state index in [9.17, 15) is 0 Å². The lowest BCUT2D eigenvalue weighted by molar-refractivity contribution is 0.158. The van der Waals surface area contributed by atoms with Crippen molar-refractivity contribution in [2.45, 2.75) is 33.2 Å². The summed E-state index contributed by atoms with van der Waals surface area (Å²) in [6.07, 6.45) is 2.40. The van der Waals surface area contributed by atoms with Crippen LogP contribution in [0.1, 0.15) is 30.3 Å². The molecule has 0 saturated carbocycles. The Kier molecular flexibility index (Phi) is 4.07. The standard InChI is InChI=1S/C15H22N4O2/c1-10-6-13(11(2)20-10)15-18-17-14(21-15)9-19-5-3-4-12(7-16)8-19/h6,12H,3-5,7-9,16H2,1-2H3. The molecule has 3 heterocycles. The number of hydrogen-bond donors (Lipinski definition) is 1. The fourth-order valence-corrected chi connectivity index (χ4v) is 2.95. The number of nitrogens with two attached hydrogens (primary N) is 1. The highest BCUT2D eigenvalue weighted by molar-refractivity contribution is 5.55. The maximum Gasteiger partial charge on any atom is 0.251 e. The normalized spacial score (nSPS) is 20.0. The van der Waals surface area contributed by atoms with Crippen molar-refractivity contribution < 1.29 is 8.83 Å². The van der Waals surface area contributed by atoms with Gasteiger partial charge in [0.25, 0.3) is 5.89 Å². The fourth-order valence-electron chi connectivity index (χ4n) is 2.95. The molecule has 6 nitrogen and oxygen atoms in total. The predicted octanol–water partition coefficient (Wildman–Crippen LogP) is 2.12. The van der Waals surface area contributed by atoms with E-state index in [2.05, 4.69) is 15.1 Å². The molecular weight excluding hydrogens is 268 g/mol. The molecule has 114 valence electrons. The number of piperidine rings is 1. The van der Waals surface area contributed by atoms with E-state index in [1.807, 2.05) is 19.9 Å². The molecule has 6 heteroatoms. The van der Waals surface area contributed by atoms with Crippen LogP contribution in [0.2, 0.25) is 0 Å². The topological polar surface area (TPSA) is 81.3 Å². The zero-order chi connectivity index (χ0) is 14.8. The van der Waals surface area contributed by atoms with Gasteiger partial charge in [0.15, 0.2) is 0 Å². The largest absolute Gasteiger partial charge is 0.466 e. The van der Waals surface area contributed by atoms with Gasteiger partial charge in [0.2, 0.25) is 5.89 Å². The summed E-state index contributed by atoms with van der Waals surface area (Å²) in [5.41, 5.74) is 6.65. The number of hydrogen-bond acceptors (Lipinski definition) is 6. The Morgan fingerprint density at radius 2 is 2.19 bits per heavy atom. The number of rotatable bonds is 4. The summed E-state index contributed by atoms with van der Waals surface area (Å²) in [6, 6.07) is 1.93. The van der Waals surface area contributed by atoms with Crippen LogP contribution < -0.4 is 5.73 Å². The molecule has 2 aromatic heterocycles. The molecule has 21 heavy (non-hydrogen) atoms. The van der Waals surface area contributed by atoms with Crippen LogP contribution in [0.25, 0.3) is 11.5 Å². The van der Waals surface area contributed by atoms with Crippen LogP contribution in [-0.2, 0) is 6.54 Å². The van der Waals surface area contributed by atoms with Gasteiger partial charge in [-0.2, -0.15) is 0 Å². The minimum absolute atomic E-state index is 0.534. The highest BCUT2D eigenvalue weighted by Gasteiger charge is 2.21. The van der Waals surface area contributed by atoms with Gasteiger partial charge in [-0.05, 0) is 51.8 Å². The van der Waals surface area contributed by atoms with E-state index in [1.165, 1.54) is 12.8 Å². The SMILES string of the molecule is Cc1cc(-c2nnc(CN3CCCC(CN)C3)o2)c(C)o1. The quantitative estimate of drug-likeness (QED) is 0.929. The summed E-state index contributed by atoms with van der Waals surface area (Å²) < 4.78 is 11.3. The van der Waals surface area contributed by atoms with E-state index in [0.29, 0.717) is 24.2 Å². The second-order valence-electron chi connectivity index (χ2n) is 5.81. The Balaban J connectivity index is 1.69. The highest BCUT2D eigenvalue weighted by Crippen LogP contribution is 2.26. The van der Waals surface area contributed by atoms with Crippen molar-refractivity contribution in [1.29, 1.82) is 0 Å². The minimum Gasteiger partial charge on any atom is -0.466 e. The summed E-state index contributed by atoms with van der Waals surface area (Å²) in [7, 11) is 0. The third-order valence-corrected chi connectivity index (χ3v) is 4.03. The Morgan fingerprint density at radius 3 is 2.90 bits per heavy atom. The van der Waals surface area contributed by atoms with Gasteiger partial charge in [-0.1, -0.05) is 0 Å². The van der Waals surface area contributed by atoms with E-state index in [-0.39, 0.29) is 0 Å². The van der Waals surface area contributed by atoms with Gasteiger partial charge < -0.3 is 14.6 Å². The van der Waals surface area contributed by atoms with Crippen LogP contribution in [0, 0.1) is 19.8 Å². The number of aryl methyl sites for hydroxylation is 2. The first-order chi connectivity index (χ1) is 10.2. The molecule has 1 unspecified atom stereocenters. The molecule has 0 aromatic carbocycles. The Bertz CT molecular complexity index is 605. The first-order valence-corrected chi connectivity index (χ1v) is 7.48. The van der Waals surface area contributed by atoms with Gasteiger partial charge in [0, 0.05) is 6.54 Å². The number of furan rings is 1. The molecule has 0 amide bonds. The molecule has 1 aliphatic rings. The first kappa shape index (κ1) is 14.3. The summed E-state index contributed by atoms with van der Waals surface area (Å²) in [5.74, 6) is 3.43. The summed E-state index contributed by atoms with van der Waals surface area (Å²) >= 11 is 0. The summed E-state index contributed by atoms with van der Waals surface area (Å²) in [6.45, 7) is 7.34. The van der Waals surface area contributed by atoms with Crippen LogP contribution in [-0.4, -0.2) is 34.7 Å². The summed E-state index contributed by atoms with van der Waals surface area (Å²) in [4.78, 5) is 2.34. The molecule has 2 N–H and O–H groups in total. The highest BCUT2D eigenvalue weighted by atomic mass is 16.4. The van der Waals surface area contributed by atoms with Crippen LogP contribution in [0.15, 0.2) is 14.9 Å². The van der Waals surface area contributed by atoms with Gasteiger partial charge in [0.1, 0.15) is 11.5 Å². The van der Waals surface area contributed by atoms with Crippen molar-refractivity contribution in [3.8, 4) is 11.5 Å². The average molecular weight is 290 g/mol. The molecule has 2 aromatic rings. The van der Waals surface area contributed by atoms with Gasteiger partial charge in [-0.25, -0.2) is 0 Å². The maximum absolute atomic E-state index is 5.78. The van der Waals surface area contributed by atoms with Crippen molar-refractivity contribution in [3.05, 3.63) is 23.5 Å². The van der Waals surface area contributed by atoms with E-state index in [4.69, 9.17) is 14.6 Å². The van der Waals surface area contributed by atoms with E-state index in [0.717, 1.165) is 36.7 Å². The lowest BCUT2D eigenvalue weighted by Crippen LogP contribution is -2.37. The molecule has 0 bridgehead atoms. The monoisotopic (exact) mass is 290 g/mol. The molecule has 1 fully saturated rings. The number of likely N-dealkylation sites (tertiary alicyclic amines) is 1. The van der Waals surface area contributed by atoms with Crippen molar-refractivity contribution in [2.24, 2.45) is 11.7 Å². The van der Waals surface area contributed by atoms with E-state index >= 15 is 0 Å². The van der Waals surface area contributed by atoms with Crippen molar-refractivity contribution >= 4 is 0 Å². The van der Waals surface area contributed by atoms with Crippen molar-refractivity contribution in [1.82, 2.24) is 15.1 Å². The van der Waals surface area contributed by atoms with Crippen molar-refractivity contribution in [3.63, 3.8) is 0 Å². The molecule has 0 aliphatic carbocycles. The van der Waals surface area contributed by atoms with Crippen LogP contribution in [0.4, 0.5) is 0 Å². The van der Waals surface area contributed by atoms with Crippen LogP contribution in [0.5, 0.6) is 0 Å². The first-order valence-electron chi connectivity index (χ1n) is 7.48. The minimum atomic E-state index is 0.534. The summed E-state index contributed by atoms with van der Waals surface area (Å²) in [5, 5.41) is 8.29. The lowest BCUT2D eigenvalue weighted by atomic mass is 9.98. The van der Waals surface area contributed by atoms with Crippen LogP contribution in [0.3, 0.4) is 0 Å². The molecule has 1 saturated heterocycles. The smallest absolute Gasteiger partial charge is 0.251 e. The predicted molar refractivity (Wildman–Crippen MR) is 78.5 cm³/mol. The Labute approximate surface area is 124 Å². The molecule has 1 atom stereocenters. The number of aromatic nitrogens is 2. The van der Waals surface area contributed by atoms with E-state index in [1.54, 1.807) is 0 Å². The van der Waals surface area contributed by atoms with E-state index < -0.39 is 0 Å². The molecular formula is C15H22N4O2. The van der Waals surface area contributed by atoms with Crippen molar-refractivity contribution in [2.75, 3.05) is 19.6 Å². The molecule has 3 rings (SSSR count). The molecule has 0 radical (unpaired) electrons. The lowest BCUT2D eigenvalue weighted by Gasteiger charge is -2.30. The fraction of sp³-hybridized carbons (Fsp3) is 0.600. The van der Waals surface area contributed by atoms with Gasteiger partial charge in [-0.3, -0.25) is 4.90 Å². The molecule has 1 aliphatic heterocycles. The Morgan fingerprint density at radius 1 is 1.33 bits per heavy atom. The second kappa shape index (κ2) is 5.99. The van der Waals surface area contributed by atoms with Gasteiger partial charge in [0.05, 0.1) is 12.1 Å². The maximum atomic E-state index is 5.78. The zero-order valence-electron chi connectivity index (χ0n) is 12.6. The second-order valence-corrected chi connectivity index (χ2v) is 5.81. The van der Waals surface area contributed by atoms with Gasteiger partial charge >= 0.3 is 0 Å². The Hall–Kier alpha value is -1.66. The zero-order valence-corrected chi connectivity index (χ0v) is 12.6. The third-order valence-electron chi connectivity index (χ3n) is 4.03. The van der Waals surface area contributed by atoms with Crippen LogP contribution >= 0.6 is 0 Å². The average Bonchev–Trinajstić information content (AvgIpc) is 3.05. The third kappa shape index (κ3) is 3.16. The number of nitrogens with zero attached hydrogens (tertiary/aromatic N) is 3. The van der Waals surface area contributed by atoms with Gasteiger partial charge in [-0.15, -0.1) is 10.2 Å².